The van der Waals surface area contributed by atoms with E-state index in [0.29, 0.717) is 19.0 Å². The van der Waals surface area contributed by atoms with Crippen molar-refractivity contribution in [1.82, 2.24) is 8.61 Å². The number of hydrogen-bond donors (Lipinski definition) is 1. The van der Waals surface area contributed by atoms with Crippen molar-refractivity contribution in [1.29, 1.82) is 0 Å². The molecular formula is C14H27N3O2S. The molecule has 0 aromatic carbocycles. The molecule has 0 spiro atoms. The van der Waals surface area contributed by atoms with Gasteiger partial charge in [0.1, 0.15) is 0 Å². The molecule has 2 saturated heterocycles. The van der Waals surface area contributed by atoms with E-state index in [2.05, 4.69) is 0 Å². The van der Waals surface area contributed by atoms with Crippen LogP contribution < -0.4 is 5.73 Å². The Labute approximate surface area is 122 Å². The first kappa shape index (κ1) is 14.8. The second-order valence-electron chi connectivity index (χ2n) is 6.68. The van der Waals surface area contributed by atoms with Gasteiger partial charge in [0, 0.05) is 31.2 Å². The Hall–Kier alpha value is -0.170. The molecule has 3 fully saturated rings. The third kappa shape index (κ3) is 2.30. The first-order valence-electron chi connectivity index (χ1n) is 8.06. The van der Waals surface area contributed by atoms with Crippen LogP contribution in [0.15, 0.2) is 0 Å². The van der Waals surface area contributed by atoms with Crippen molar-refractivity contribution in [2.75, 3.05) is 13.1 Å². The van der Waals surface area contributed by atoms with Crippen LogP contribution in [0.5, 0.6) is 0 Å². The Morgan fingerprint density at radius 3 is 2.65 bits per heavy atom. The average molecular weight is 301 g/mol. The third-order valence-corrected chi connectivity index (χ3v) is 7.69. The van der Waals surface area contributed by atoms with Crippen molar-refractivity contribution in [2.45, 2.75) is 70.0 Å². The topological polar surface area (TPSA) is 66.6 Å². The molecule has 3 rings (SSSR count). The van der Waals surface area contributed by atoms with Crippen LogP contribution in [0.25, 0.3) is 0 Å². The summed E-state index contributed by atoms with van der Waals surface area (Å²) < 4.78 is 29.7. The maximum Gasteiger partial charge on any atom is 0.282 e. The second kappa shape index (κ2) is 5.55. The fourth-order valence-electron chi connectivity index (χ4n) is 4.45. The highest BCUT2D eigenvalue weighted by Gasteiger charge is 2.50. The van der Waals surface area contributed by atoms with E-state index < -0.39 is 10.2 Å². The van der Waals surface area contributed by atoms with Gasteiger partial charge in [-0.25, -0.2) is 0 Å². The summed E-state index contributed by atoms with van der Waals surface area (Å²) in [5.74, 6) is 0.540. The summed E-state index contributed by atoms with van der Waals surface area (Å²) in [5, 5.41) is 0. The van der Waals surface area contributed by atoms with Crippen molar-refractivity contribution in [3.8, 4) is 0 Å². The number of fused-ring (bicyclic) bond motifs is 1. The zero-order chi connectivity index (χ0) is 14.3. The standard InChI is InChI=1S/C14H27N3O2S/c1-11-5-2-3-8-16(11)20(18,19)17-13(10-15)9-12-6-4-7-14(12)17/h11-14H,2-10,15H2,1H3/t11?,12-,13-,14-/m0/s1. The minimum atomic E-state index is -3.34. The Balaban J connectivity index is 1.88. The van der Waals surface area contributed by atoms with Crippen LogP contribution in [0.4, 0.5) is 0 Å². The predicted octanol–water partition coefficient (Wildman–Crippen LogP) is 1.31. The summed E-state index contributed by atoms with van der Waals surface area (Å²) in [7, 11) is -3.34. The Morgan fingerprint density at radius 1 is 1.15 bits per heavy atom. The van der Waals surface area contributed by atoms with Crippen molar-refractivity contribution < 1.29 is 8.42 Å². The van der Waals surface area contributed by atoms with Crippen LogP contribution in [-0.4, -0.2) is 48.2 Å². The van der Waals surface area contributed by atoms with Gasteiger partial charge in [-0.15, -0.1) is 0 Å². The van der Waals surface area contributed by atoms with Gasteiger partial charge in [0.2, 0.25) is 0 Å². The van der Waals surface area contributed by atoms with Gasteiger partial charge in [0.15, 0.2) is 0 Å². The largest absolute Gasteiger partial charge is 0.329 e. The molecule has 1 saturated carbocycles. The minimum absolute atomic E-state index is 0.0180. The molecule has 4 atom stereocenters. The molecule has 5 nitrogen and oxygen atoms in total. The molecule has 2 aliphatic heterocycles. The molecular weight excluding hydrogens is 274 g/mol. The van der Waals surface area contributed by atoms with Crippen molar-refractivity contribution >= 4 is 10.2 Å². The third-order valence-electron chi connectivity index (χ3n) is 5.46. The number of nitrogens with two attached hydrogens (primary N) is 1. The fourth-order valence-corrected chi connectivity index (χ4v) is 6.78. The SMILES string of the molecule is CC1CCCCN1S(=O)(=O)N1[C@H](CN)C[C@@H]2CCC[C@@H]21. The summed E-state index contributed by atoms with van der Waals surface area (Å²) in [6.07, 6.45) is 7.41. The lowest BCUT2D eigenvalue weighted by molar-refractivity contribution is 0.224. The van der Waals surface area contributed by atoms with Gasteiger partial charge in [0.25, 0.3) is 10.2 Å². The summed E-state index contributed by atoms with van der Waals surface area (Å²) in [5.41, 5.74) is 5.86. The van der Waals surface area contributed by atoms with Crippen LogP contribution in [0.3, 0.4) is 0 Å². The lowest BCUT2D eigenvalue weighted by atomic mass is 10.0. The molecule has 1 aliphatic carbocycles. The lowest BCUT2D eigenvalue weighted by Crippen LogP contribution is -2.54. The number of hydrogen-bond acceptors (Lipinski definition) is 3. The monoisotopic (exact) mass is 301 g/mol. The first-order valence-corrected chi connectivity index (χ1v) is 9.45. The molecule has 2 heterocycles. The molecule has 20 heavy (non-hydrogen) atoms. The van der Waals surface area contributed by atoms with Crippen molar-refractivity contribution in [3.05, 3.63) is 0 Å². The minimum Gasteiger partial charge on any atom is -0.329 e. The Kier molecular flexibility index (Phi) is 4.10. The smallest absolute Gasteiger partial charge is 0.282 e. The van der Waals surface area contributed by atoms with Crippen LogP contribution in [0.1, 0.15) is 51.9 Å². The number of nitrogens with zero attached hydrogens (tertiary/aromatic N) is 2. The second-order valence-corrected chi connectivity index (χ2v) is 8.46. The summed E-state index contributed by atoms with van der Waals surface area (Å²) >= 11 is 0. The quantitative estimate of drug-likeness (QED) is 0.854. The molecule has 6 heteroatoms. The zero-order valence-electron chi connectivity index (χ0n) is 12.4. The molecule has 0 radical (unpaired) electrons. The van der Waals surface area contributed by atoms with Gasteiger partial charge < -0.3 is 5.73 Å². The van der Waals surface area contributed by atoms with Gasteiger partial charge in [0.05, 0.1) is 0 Å². The van der Waals surface area contributed by atoms with E-state index in [-0.39, 0.29) is 18.1 Å². The predicted molar refractivity (Wildman–Crippen MR) is 79.4 cm³/mol. The lowest BCUT2D eigenvalue weighted by Gasteiger charge is -2.38. The van der Waals surface area contributed by atoms with Crippen LogP contribution in [-0.2, 0) is 10.2 Å². The van der Waals surface area contributed by atoms with Crippen molar-refractivity contribution in [2.24, 2.45) is 11.7 Å². The highest BCUT2D eigenvalue weighted by molar-refractivity contribution is 7.86. The molecule has 0 aromatic rings. The molecule has 0 bridgehead atoms. The summed E-state index contributed by atoms with van der Waals surface area (Å²) in [6.45, 7) is 3.17. The molecule has 3 aliphatic rings. The van der Waals surface area contributed by atoms with Crippen LogP contribution in [0.2, 0.25) is 0 Å². The van der Waals surface area contributed by atoms with Gasteiger partial charge in [-0.2, -0.15) is 17.0 Å². The molecule has 0 amide bonds. The Morgan fingerprint density at radius 2 is 1.95 bits per heavy atom. The molecule has 1 unspecified atom stereocenters. The fraction of sp³-hybridized carbons (Fsp3) is 1.00. The maximum absolute atomic E-state index is 13.1. The summed E-state index contributed by atoms with van der Waals surface area (Å²) in [4.78, 5) is 0. The number of rotatable bonds is 3. The number of piperidine rings is 1. The van der Waals surface area contributed by atoms with Crippen LogP contribution in [0, 0.1) is 5.92 Å². The molecule has 0 aromatic heterocycles. The maximum atomic E-state index is 13.1. The Bertz CT molecular complexity index is 453. The zero-order valence-corrected chi connectivity index (χ0v) is 13.2. The van der Waals surface area contributed by atoms with Gasteiger partial charge in [-0.1, -0.05) is 12.8 Å². The highest BCUT2D eigenvalue weighted by atomic mass is 32.2. The first-order chi connectivity index (χ1) is 9.55. The average Bonchev–Trinajstić information content (AvgIpc) is 2.97. The van der Waals surface area contributed by atoms with E-state index in [1.807, 2.05) is 6.92 Å². The van der Waals surface area contributed by atoms with Gasteiger partial charge in [-0.05, 0) is 44.9 Å². The van der Waals surface area contributed by atoms with E-state index in [1.54, 1.807) is 8.61 Å². The highest BCUT2D eigenvalue weighted by Crippen LogP contribution is 2.43. The van der Waals surface area contributed by atoms with E-state index in [9.17, 15) is 8.42 Å². The van der Waals surface area contributed by atoms with E-state index in [0.717, 1.165) is 38.5 Å². The summed E-state index contributed by atoms with van der Waals surface area (Å²) in [6, 6.07) is 0.361. The van der Waals surface area contributed by atoms with E-state index in [4.69, 9.17) is 5.73 Å². The molecule has 116 valence electrons. The van der Waals surface area contributed by atoms with Gasteiger partial charge in [-0.3, -0.25) is 0 Å². The van der Waals surface area contributed by atoms with E-state index >= 15 is 0 Å². The van der Waals surface area contributed by atoms with Crippen molar-refractivity contribution in [3.63, 3.8) is 0 Å². The van der Waals surface area contributed by atoms with E-state index in [1.165, 1.54) is 6.42 Å². The van der Waals surface area contributed by atoms with Gasteiger partial charge >= 0.3 is 0 Å². The molecule has 2 N–H and O–H groups in total. The van der Waals surface area contributed by atoms with Crippen LogP contribution >= 0.6 is 0 Å². The normalized spacial score (nSPS) is 40.1.